The largest absolute Gasteiger partial charge is 0.395 e. The molecule has 2 nitrogen and oxygen atoms in total. The second-order valence-electron chi connectivity index (χ2n) is 2.82. The normalized spacial score (nSPS) is 46.6. The van der Waals surface area contributed by atoms with Gasteiger partial charge >= 0.3 is 0 Å². The van der Waals surface area contributed by atoms with E-state index in [1.54, 1.807) is 0 Å². The van der Waals surface area contributed by atoms with Gasteiger partial charge in [0.25, 0.3) is 0 Å². The Morgan fingerprint density at radius 2 is 2.44 bits per heavy atom. The van der Waals surface area contributed by atoms with Crippen LogP contribution in [0.2, 0.25) is 0 Å². The second-order valence-corrected chi connectivity index (χ2v) is 2.82. The first-order valence-corrected chi connectivity index (χ1v) is 3.44. The van der Waals surface area contributed by atoms with E-state index in [1.807, 2.05) is 0 Å². The Morgan fingerprint density at radius 1 is 1.56 bits per heavy atom. The number of nitrogens with one attached hydrogen (secondary N) is 1. The standard InChI is InChI=1S/C7H11NO/c9-4-7-6-2-1-5(6)3-8-7/h1-2,5-9H,3-4H2/t5-,6-,7-/m0/s1. The first kappa shape index (κ1) is 5.45. The van der Waals surface area contributed by atoms with Gasteiger partial charge in [0.15, 0.2) is 0 Å². The van der Waals surface area contributed by atoms with E-state index in [9.17, 15) is 0 Å². The molecule has 0 bridgehead atoms. The highest BCUT2D eigenvalue weighted by Crippen LogP contribution is 2.32. The van der Waals surface area contributed by atoms with Crippen molar-refractivity contribution in [2.45, 2.75) is 6.04 Å². The third kappa shape index (κ3) is 0.635. The Hall–Kier alpha value is -0.340. The van der Waals surface area contributed by atoms with Gasteiger partial charge in [0, 0.05) is 18.5 Å². The number of hydrogen-bond donors (Lipinski definition) is 2. The fourth-order valence-corrected chi connectivity index (χ4v) is 1.64. The van der Waals surface area contributed by atoms with Gasteiger partial charge in [0.05, 0.1) is 6.61 Å². The summed E-state index contributed by atoms with van der Waals surface area (Å²) in [6.07, 6.45) is 4.40. The van der Waals surface area contributed by atoms with Gasteiger partial charge in [-0.2, -0.15) is 0 Å². The molecule has 0 aromatic rings. The molecule has 9 heavy (non-hydrogen) atoms. The molecule has 2 rings (SSSR count). The van der Waals surface area contributed by atoms with Crippen molar-refractivity contribution in [2.24, 2.45) is 11.8 Å². The van der Waals surface area contributed by atoms with E-state index in [1.165, 1.54) is 0 Å². The molecule has 50 valence electrons. The summed E-state index contributed by atoms with van der Waals surface area (Å²) < 4.78 is 0. The second kappa shape index (κ2) is 1.82. The quantitative estimate of drug-likeness (QED) is 0.474. The SMILES string of the molecule is OC[C@@H]1NC[C@@H]2C=C[C@H]12. The molecule has 0 aromatic carbocycles. The predicted molar refractivity (Wildman–Crippen MR) is 35.0 cm³/mol. The Morgan fingerprint density at radius 3 is 2.78 bits per heavy atom. The molecule has 1 aliphatic heterocycles. The van der Waals surface area contributed by atoms with Crippen LogP contribution in [0.25, 0.3) is 0 Å². The summed E-state index contributed by atoms with van der Waals surface area (Å²) in [5.74, 6) is 1.36. The zero-order chi connectivity index (χ0) is 6.27. The van der Waals surface area contributed by atoms with Crippen molar-refractivity contribution in [3.05, 3.63) is 12.2 Å². The maximum atomic E-state index is 8.79. The maximum absolute atomic E-state index is 8.79. The van der Waals surface area contributed by atoms with Crippen LogP contribution >= 0.6 is 0 Å². The molecule has 0 aromatic heterocycles. The highest BCUT2D eigenvalue weighted by atomic mass is 16.3. The van der Waals surface area contributed by atoms with Gasteiger partial charge in [-0.1, -0.05) is 12.2 Å². The van der Waals surface area contributed by atoms with E-state index in [2.05, 4.69) is 17.5 Å². The minimum atomic E-state index is 0.283. The topological polar surface area (TPSA) is 32.3 Å². The highest BCUT2D eigenvalue weighted by molar-refractivity contribution is 5.17. The molecule has 0 radical (unpaired) electrons. The number of hydrogen-bond acceptors (Lipinski definition) is 2. The summed E-state index contributed by atoms with van der Waals surface area (Å²) in [5, 5.41) is 12.0. The van der Waals surface area contributed by atoms with Crippen molar-refractivity contribution < 1.29 is 5.11 Å². The van der Waals surface area contributed by atoms with Crippen LogP contribution in [-0.4, -0.2) is 24.3 Å². The fourth-order valence-electron chi connectivity index (χ4n) is 1.64. The summed E-state index contributed by atoms with van der Waals surface area (Å²) in [4.78, 5) is 0. The Bertz CT molecular complexity index is 144. The smallest absolute Gasteiger partial charge is 0.0590 e. The minimum Gasteiger partial charge on any atom is -0.395 e. The fraction of sp³-hybridized carbons (Fsp3) is 0.714. The van der Waals surface area contributed by atoms with Crippen molar-refractivity contribution in [3.63, 3.8) is 0 Å². The van der Waals surface area contributed by atoms with Gasteiger partial charge < -0.3 is 10.4 Å². The zero-order valence-electron chi connectivity index (χ0n) is 5.25. The molecule has 0 saturated carbocycles. The summed E-state index contributed by atoms with van der Waals surface area (Å²) in [6, 6.07) is 0.347. The van der Waals surface area contributed by atoms with Gasteiger partial charge in [-0.25, -0.2) is 0 Å². The van der Waals surface area contributed by atoms with E-state index in [4.69, 9.17) is 5.11 Å². The summed E-state index contributed by atoms with van der Waals surface area (Å²) in [6.45, 7) is 1.35. The molecular formula is C7H11NO. The van der Waals surface area contributed by atoms with E-state index >= 15 is 0 Å². The molecule has 2 aliphatic rings. The average molecular weight is 125 g/mol. The van der Waals surface area contributed by atoms with Gasteiger partial charge in [0.1, 0.15) is 0 Å². The summed E-state index contributed by atoms with van der Waals surface area (Å²) >= 11 is 0. The van der Waals surface area contributed by atoms with E-state index in [-0.39, 0.29) is 6.61 Å². The molecule has 3 atom stereocenters. The third-order valence-electron chi connectivity index (χ3n) is 2.35. The molecule has 2 N–H and O–H groups in total. The van der Waals surface area contributed by atoms with Gasteiger partial charge in [-0.3, -0.25) is 0 Å². The Kier molecular flexibility index (Phi) is 1.10. The van der Waals surface area contributed by atoms with Crippen LogP contribution in [0.3, 0.4) is 0 Å². The lowest BCUT2D eigenvalue weighted by Gasteiger charge is -2.23. The maximum Gasteiger partial charge on any atom is 0.0590 e. The molecule has 2 heteroatoms. The lowest BCUT2D eigenvalue weighted by atomic mass is 9.81. The van der Waals surface area contributed by atoms with E-state index in [0.29, 0.717) is 12.0 Å². The van der Waals surface area contributed by atoms with E-state index in [0.717, 1.165) is 12.5 Å². The van der Waals surface area contributed by atoms with Crippen molar-refractivity contribution in [1.29, 1.82) is 0 Å². The number of aliphatic hydroxyl groups excluding tert-OH is 1. The van der Waals surface area contributed by atoms with E-state index < -0.39 is 0 Å². The van der Waals surface area contributed by atoms with Crippen LogP contribution < -0.4 is 5.32 Å². The molecule has 0 unspecified atom stereocenters. The monoisotopic (exact) mass is 125 g/mol. The van der Waals surface area contributed by atoms with Gasteiger partial charge in [0.2, 0.25) is 0 Å². The zero-order valence-corrected chi connectivity index (χ0v) is 5.25. The molecule has 1 aliphatic carbocycles. The van der Waals surface area contributed by atoms with Crippen LogP contribution in [0.4, 0.5) is 0 Å². The molecule has 0 spiro atoms. The van der Waals surface area contributed by atoms with Crippen LogP contribution in [0.5, 0.6) is 0 Å². The molecule has 1 saturated heterocycles. The van der Waals surface area contributed by atoms with Crippen LogP contribution in [0.15, 0.2) is 12.2 Å². The van der Waals surface area contributed by atoms with Crippen molar-refractivity contribution in [3.8, 4) is 0 Å². The first-order chi connectivity index (χ1) is 4.42. The molecule has 1 heterocycles. The van der Waals surface area contributed by atoms with Crippen LogP contribution in [0, 0.1) is 11.8 Å². The number of fused-ring (bicyclic) bond motifs is 1. The number of aliphatic hydroxyl groups is 1. The average Bonchev–Trinajstić information content (AvgIpc) is 2.07. The van der Waals surface area contributed by atoms with Crippen molar-refractivity contribution in [1.82, 2.24) is 5.32 Å². The summed E-state index contributed by atoms with van der Waals surface area (Å²) in [7, 11) is 0. The lowest BCUT2D eigenvalue weighted by Crippen LogP contribution is -2.31. The molecule has 1 fully saturated rings. The summed E-state index contributed by atoms with van der Waals surface area (Å²) in [5.41, 5.74) is 0. The van der Waals surface area contributed by atoms with Crippen LogP contribution in [-0.2, 0) is 0 Å². The van der Waals surface area contributed by atoms with Gasteiger partial charge in [-0.05, 0) is 5.92 Å². The Labute approximate surface area is 54.6 Å². The van der Waals surface area contributed by atoms with Crippen LogP contribution in [0.1, 0.15) is 0 Å². The highest BCUT2D eigenvalue weighted by Gasteiger charge is 2.36. The number of rotatable bonds is 1. The molecule has 0 amide bonds. The Balaban J connectivity index is 2.06. The predicted octanol–water partition coefficient (Wildman–Crippen LogP) is -0.247. The minimum absolute atomic E-state index is 0.283. The third-order valence-corrected chi connectivity index (χ3v) is 2.35. The lowest BCUT2D eigenvalue weighted by molar-refractivity contribution is 0.232. The van der Waals surface area contributed by atoms with Gasteiger partial charge in [-0.15, -0.1) is 0 Å². The molecular weight excluding hydrogens is 114 g/mol. The van der Waals surface area contributed by atoms with Crippen molar-refractivity contribution in [2.75, 3.05) is 13.2 Å². The van der Waals surface area contributed by atoms with Crippen molar-refractivity contribution >= 4 is 0 Å². The first-order valence-electron chi connectivity index (χ1n) is 3.44.